The Labute approximate surface area is 86.5 Å². The summed E-state index contributed by atoms with van der Waals surface area (Å²) in [5, 5.41) is 0. The second kappa shape index (κ2) is 3.26. The first-order chi connectivity index (χ1) is 6.25. The molecule has 1 aromatic heterocycles. The van der Waals surface area contributed by atoms with Crippen molar-refractivity contribution >= 4 is 5.82 Å². The van der Waals surface area contributed by atoms with Crippen molar-refractivity contribution in [3.63, 3.8) is 0 Å². The van der Waals surface area contributed by atoms with Crippen molar-refractivity contribution in [1.29, 1.82) is 0 Å². The van der Waals surface area contributed by atoms with Gasteiger partial charge in [0.15, 0.2) is 0 Å². The second-order valence-corrected chi connectivity index (χ2v) is 5.35. The van der Waals surface area contributed by atoms with Gasteiger partial charge >= 0.3 is 0 Å². The number of hydrogen-bond acceptors (Lipinski definition) is 2. The van der Waals surface area contributed by atoms with Crippen molar-refractivity contribution in [3.8, 4) is 0 Å². The van der Waals surface area contributed by atoms with Crippen molar-refractivity contribution in [2.24, 2.45) is 5.41 Å². The normalized spacial score (nSPS) is 12.9. The highest BCUT2D eigenvalue weighted by Gasteiger charge is 2.34. The summed E-state index contributed by atoms with van der Waals surface area (Å²) >= 11 is 0. The quantitative estimate of drug-likeness (QED) is 0.743. The SMILES string of the molecule is CC(C)(C)C(C)(C)c1ccc(N)nc1. The van der Waals surface area contributed by atoms with Crippen LogP contribution >= 0.6 is 0 Å². The molecule has 0 spiro atoms. The molecule has 1 heterocycles. The summed E-state index contributed by atoms with van der Waals surface area (Å²) in [4.78, 5) is 4.14. The van der Waals surface area contributed by atoms with E-state index in [1.165, 1.54) is 5.56 Å². The molecule has 14 heavy (non-hydrogen) atoms. The van der Waals surface area contributed by atoms with Gasteiger partial charge in [-0.3, -0.25) is 0 Å². The molecule has 0 bridgehead atoms. The highest BCUT2D eigenvalue weighted by Crippen LogP contribution is 2.40. The van der Waals surface area contributed by atoms with E-state index >= 15 is 0 Å². The van der Waals surface area contributed by atoms with Gasteiger partial charge in [-0.25, -0.2) is 4.98 Å². The molecule has 0 fully saturated rings. The molecule has 0 atom stereocenters. The van der Waals surface area contributed by atoms with Crippen molar-refractivity contribution in [2.45, 2.75) is 40.0 Å². The average molecular weight is 192 g/mol. The summed E-state index contributed by atoms with van der Waals surface area (Å²) in [6.45, 7) is 11.2. The first kappa shape index (κ1) is 11.0. The third-order valence-electron chi connectivity index (χ3n) is 3.38. The predicted molar refractivity (Wildman–Crippen MR) is 61.1 cm³/mol. The fraction of sp³-hybridized carbons (Fsp3) is 0.583. The van der Waals surface area contributed by atoms with E-state index in [1.807, 2.05) is 12.3 Å². The van der Waals surface area contributed by atoms with Gasteiger partial charge in [-0.05, 0) is 22.5 Å². The van der Waals surface area contributed by atoms with Gasteiger partial charge in [0.1, 0.15) is 5.82 Å². The summed E-state index contributed by atoms with van der Waals surface area (Å²) in [5.41, 5.74) is 7.12. The van der Waals surface area contributed by atoms with Crippen molar-refractivity contribution < 1.29 is 0 Å². The Morgan fingerprint density at radius 1 is 1.07 bits per heavy atom. The molecule has 78 valence electrons. The van der Waals surface area contributed by atoms with E-state index in [1.54, 1.807) is 0 Å². The maximum absolute atomic E-state index is 5.57. The van der Waals surface area contributed by atoms with Gasteiger partial charge in [-0.1, -0.05) is 40.7 Å². The number of pyridine rings is 1. The standard InChI is InChI=1S/C12H20N2/c1-11(2,3)12(4,5)9-6-7-10(13)14-8-9/h6-8H,1-5H3,(H2,13,14). The van der Waals surface area contributed by atoms with Crippen LogP contribution in [0.2, 0.25) is 0 Å². The van der Waals surface area contributed by atoms with Crippen LogP contribution in [-0.2, 0) is 5.41 Å². The van der Waals surface area contributed by atoms with Crippen molar-refractivity contribution in [2.75, 3.05) is 5.73 Å². The smallest absolute Gasteiger partial charge is 0.123 e. The maximum atomic E-state index is 5.57. The van der Waals surface area contributed by atoms with Crippen molar-refractivity contribution in [3.05, 3.63) is 23.9 Å². The van der Waals surface area contributed by atoms with Gasteiger partial charge in [-0.15, -0.1) is 0 Å². The summed E-state index contributed by atoms with van der Waals surface area (Å²) in [7, 11) is 0. The van der Waals surface area contributed by atoms with E-state index in [0.717, 1.165) is 0 Å². The first-order valence-corrected chi connectivity index (χ1v) is 4.97. The van der Waals surface area contributed by atoms with E-state index in [0.29, 0.717) is 5.82 Å². The van der Waals surface area contributed by atoms with Crippen LogP contribution in [0.4, 0.5) is 5.82 Å². The lowest BCUT2D eigenvalue weighted by molar-refractivity contribution is 0.225. The zero-order valence-electron chi connectivity index (χ0n) is 9.76. The fourth-order valence-corrected chi connectivity index (χ4v) is 1.21. The van der Waals surface area contributed by atoms with Gasteiger partial charge in [0, 0.05) is 6.20 Å². The summed E-state index contributed by atoms with van der Waals surface area (Å²) in [5.74, 6) is 0.582. The molecule has 0 saturated heterocycles. The van der Waals surface area contributed by atoms with Gasteiger partial charge < -0.3 is 5.73 Å². The first-order valence-electron chi connectivity index (χ1n) is 4.97. The molecule has 0 aliphatic rings. The van der Waals surface area contributed by atoms with E-state index < -0.39 is 0 Å². The van der Waals surface area contributed by atoms with E-state index in [2.05, 4.69) is 45.7 Å². The zero-order valence-corrected chi connectivity index (χ0v) is 9.76. The number of anilines is 1. The van der Waals surface area contributed by atoms with Crippen LogP contribution in [0.25, 0.3) is 0 Å². The minimum absolute atomic E-state index is 0.105. The predicted octanol–water partition coefficient (Wildman–Crippen LogP) is 2.99. The Balaban J connectivity index is 3.10. The molecule has 0 radical (unpaired) electrons. The van der Waals surface area contributed by atoms with Gasteiger partial charge in [-0.2, -0.15) is 0 Å². The Hall–Kier alpha value is -1.05. The van der Waals surface area contributed by atoms with Crippen LogP contribution in [0, 0.1) is 5.41 Å². The summed E-state index contributed by atoms with van der Waals surface area (Å²) in [6.07, 6.45) is 1.88. The Morgan fingerprint density at radius 3 is 2.00 bits per heavy atom. The molecular weight excluding hydrogens is 172 g/mol. The molecule has 2 N–H and O–H groups in total. The minimum Gasteiger partial charge on any atom is -0.384 e. The minimum atomic E-state index is 0.105. The number of hydrogen-bond donors (Lipinski definition) is 1. The number of nitrogens with zero attached hydrogens (tertiary/aromatic N) is 1. The molecule has 0 aromatic carbocycles. The average Bonchev–Trinajstić information content (AvgIpc) is 2.03. The van der Waals surface area contributed by atoms with Gasteiger partial charge in [0.05, 0.1) is 0 Å². The van der Waals surface area contributed by atoms with Gasteiger partial charge in [0.25, 0.3) is 0 Å². The monoisotopic (exact) mass is 192 g/mol. The molecule has 0 unspecified atom stereocenters. The maximum Gasteiger partial charge on any atom is 0.123 e. The van der Waals surface area contributed by atoms with E-state index in [-0.39, 0.29) is 10.8 Å². The molecule has 0 aliphatic carbocycles. The lowest BCUT2D eigenvalue weighted by Crippen LogP contribution is -2.34. The number of nitrogen functional groups attached to an aromatic ring is 1. The van der Waals surface area contributed by atoms with Crippen molar-refractivity contribution in [1.82, 2.24) is 4.98 Å². The molecular formula is C12H20N2. The number of rotatable bonds is 1. The molecule has 2 nitrogen and oxygen atoms in total. The van der Waals surface area contributed by atoms with Crippen LogP contribution in [0.5, 0.6) is 0 Å². The topological polar surface area (TPSA) is 38.9 Å². The fourth-order valence-electron chi connectivity index (χ4n) is 1.21. The number of nitrogens with two attached hydrogens (primary N) is 1. The van der Waals surface area contributed by atoms with E-state index in [4.69, 9.17) is 5.73 Å². The van der Waals surface area contributed by atoms with Crippen LogP contribution in [0.1, 0.15) is 40.2 Å². The largest absolute Gasteiger partial charge is 0.384 e. The molecule has 2 heteroatoms. The Bertz CT molecular complexity index is 304. The van der Waals surface area contributed by atoms with Crippen LogP contribution < -0.4 is 5.73 Å². The van der Waals surface area contributed by atoms with Crippen LogP contribution in [-0.4, -0.2) is 4.98 Å². The lowest BCUT2D eigenvalue weighted by Gasteiger charge is -2.39. The van der Waals surface area contributed by atoms with Crippen LogP contribution in [0.15, 0.2) is 18.3 Å². The molecule has 0 saturated carbocycles. The molecule has 0 aliphatic heterocycles. The van der Waals surface area contributed by atoms with Crippen LogP contribution in [0.3, 0.4) is 0 Å². The highest BCUT2D eigenvalue weighted by molar-refractivity contribution is 5.33. The highest BCUT2D eigenvalue weighted by atomic mass is 14.8. The summed E-state index contributed by atoms with van der Waals surface area (Å²) < 4.78 is 0. The summed E-state index contributed by atoms with van der Waals surface area (Å²) in [6, 6.07) is 3.93. The molecule has 1 rings (SSSR count). The van der Waals surface area contributed by atoms with Gasteiger partial charge in [0.2, 0.25) is 0 Å². The Kier molecular flexibility index (Phi) is 2.57. The molecule has 1 aromatic rings. The van der Waals surface area contributed by atoms with E-state index in [9.17, 15) is 0 Å². The Morgan fingerprint density at radius 2 is 1.64 bits per heavy atom. The molecule has 0 amide bonds. The number of aromatic nitrogens is 1. The third kappa shape index (κ3) is 1.89. The zero-order chi connectivity index (χ0) is 11.0. The lowest BCUT2D eigenvalue weighted by atomic mass is 9.66. The third-order valence-corrected chi connectivity index (χ3v) is 3.38. The second-order valence-electron chi connectivity index (χ2n) is 5.35.